The maximum absolute atomic E-state index is 13.3. The molecule has 198 valence electrons. The molecule has 2 aliphatic rings. The molecule has 1 aliphatic carbocycles. The lowest BCUT2D eigenvalue weighted by atomic mass is 10.1. The molecule has 11 heteroatoms. The number of anilines is 1. The number of hydrogen-bond donors (Lipinski definition) is 1. The van der Waals surface area contributed by atoms with E-state index in [4.69, 9.17) is 14.7 Å². The third-order valence-electron chi connectivity index (χ3n) is 7.00. The molecule has 0 unspecified atom stereocenters. The molecule has 2 aromatic carbocycles. The largest absolute Gasteiger partial charge is 0.491 e. The Hall–Kier alpha value is -3.59. The van der Waals surface area contributed by atoms with Crippen molar-refractivity contribution < 1.29 is 17.5 Å². The van der Waals surface area contributed by atoms with Crippen molar-refractivity contribution in [3.05, 3.63) is 71.3 Å². The van der Waals surface area contributed by atoms with E-state index in [-0.39, 0.29) is 11.9 Å². The zero-order chi connectivity index (χ0) is 26.9. The first-order chi connectivity index (χ1) is 18.3. The monoisotopic (exact) mass is 536 g/mol. The van der Waals surface area contributed by atoms with Crippen LogP contribution in [0.15, 0.2) is 48.5 Å². The second-order valence-electron chi connectivity index (χ2n) is 9.56. The first-order valence-corrected chi connectivity index (χ1v) is 14.3. The number of halogens is 1. The maximum atomic E-state index is 13.3. The van der Waals surface area contributed by atoms with Crippen molar-refractivity contribution in [1.82, 2.24) is 19.6 Å². The minimum atomic E-state index is -3.27. The van der Waals surface area contributed by atoms with Crippen LogP contribution >= 0.6 is 0 Å². The van der Waals surface area contributed by atoms with E-state index in [1.165, 1.54) is 22.7 Å². The summed E-state index contributed by atoms with van der Waals surface area (Å²) >= 11 is 0. The fourth-order valence-corrected chi connectivity index (χ4v) is 5.64. The van der Waals surface area contributed by atoms with Crippen molar-refractivity contribution in [2.75, 3.05) is 44.4 Å². The Kier molecular flexibility index (Phi) is 7.29. The summed E-state index contributed by atoms with van der Waals surface area (Å²) < 4.78 is 44.6. The molecule has 3 aromatic rings. The first kappa shape index (κ1) is 26.0. The number of nitrogens with one attached hydrogen (secondary N) is 1. The van der Waals surface area contributed by atoms with Crippen LogP contribution in [0, 0.1) is 17.1 Å². The number of rotatable bonds is 8. The van der Waals surface area contributed by atoms with E-state index < -0.39 is 10.0 Å². The third-order valence-corrected chi connectivity index (χ3v) is 8.31. The average molecular weight is 537 g/mol. The molecule has 1 saturated carbocycles. The topological polar surface area (TPSA) is 111 Å². The normalized spacial score (nSPS) is 19.7. The summed E-state index contributed by atoms with van der Waals surface area (Å²) in [6.45, 7) is 2.07. The highest BCUT2D eigenvalue weighted by Crippen LogP contribution is 2.41. The van der Waals surface area contributed by atoms with Gasteiger partial charge < -0.3 is 15.0 Å². The van der Waals surface area contributed by atoms with Crippen LogP contribution in [0.1, 0.15) is 29.3 Å². The molecular weight excluding hydrogens is 507 g/mol. The molecule has 38 heavy (non-hydrogen) atoms. The van der Waals surface area contributed by atoms with E-state index in [1.54, 1.807) is 19.2 Å². The molecule has 1 N–H and O–H groups in total. The molecular formula is C27H29FN6O3S. The summed E-state index contributed by atoms with van der Waals surface area (Å²) in [6.07, 6.45) is 2.17. The van der Waals surface area contributed by atoms with Crippen molar-refractivity contribution in [2.45, 2.75) is 24.9 Å². The number of piperazine rings is 1. The Morgan fingerprint density at radius 2 is 1.76 bits per heavy atom. The molecule has 2 fully saturated rings. The van der Waals surface area contributed by atoms with Gasteiger partial charge in [0.2, 0.25) is 10.0 Å². The van der Waals surface area contributed by atoms with E-state index >= 15 is 0 Å². The van der Waals surface area contributed by atoms with E-state index in [1.807, 2.05) is 29.2 Å². The van der Waals surface area contributed by atoms with Crippen molar-refractivity contribution in [3.63, 3.8) is 0 Å². The van der Waals surface area contributed by atoms with Gasteiger partial charge in [-0.3, -0.25) is 0 Å². The van der Waals surface area contributed by atoms with Crippen LogP contribution in [-0.2, 0) is 16.6 Å². The van der Waals surface area contributed by atoms with Crippen LogP contribution in [0.5, 0.6) is 5.75 Å². The second kappa shape index (κ2) is 10.6. The Labute approximate surface area is 221 Å². The number of aromatic nitrogens is 2. The molecule has 2 atom stereocenters. The van der Waals surface area contributed by atoms with Gasteiger partial charge >= 0.3 is 0 Å². The highest BCUT2D eigenvalue weighted by molar-refractivity contribution is 7.88. The standard InChI is InChI=1S/C27H29FN6O3S/c1-37-26-25(20-5-3-18(16-29)4-6-20)31-24(17-30-23-15-22(23)19-7-9-21(28)10-8-19)32-27(26)33-11-13-34(14-12-33)38(2,35)36/h3-10,22-23,30H,11-15,17H2,1-2H3/t22-,23+/m0/s1. The number of nitriles is 1. The van der Waals surface area contributed by atoms with Crippen molar-refractivity contribution in [1.29, 1.82) is 5.26 Å². The fraction of sp³-hybridized carbons (Fsp3) is 0.370. The number of ether oxygens (including phenoxy) is 1. The van der Waals surface area contributed by atoms with Gasteiger partial charge in [0.25, 0.3) is 0 Å². The van der Waals surface area contributed by atoms with E-state index in [0.29, 0.717) is 67.3 Å². The summed E-state index contributed by atoms with van der Waals surface area (Å²) in [5.41, 5.74) is 3.04. The maximum Gasteiger partial charge on any atom is 0.211 e. The fourth-order valence-electron chi connectivity index (χ4n) is 4.82. The molecule has 1 aromatic heterocycles. The minimum absolute atomic E-state index is 0.242. The SMILES string of the molecule is COc1c(-c2ccc(C#N)cc2)nc(CN[C@@H]2C[C@H]2c2ccc(F)cc2)nc1N1CCN(S(C)(=O)=O)CC1. The lowest BCUT2D eigenvalue weighted by Gasteiger charge is -2.35. The van der Waals surface area contributed by atoms with Gasteiger partial charge in [-0.25, -0.2) is 22.8 Å². The van der Waals surface area contributed by atoms with Crippen molar-refractivity contribution in [2.24, 2.45) is 0 Å². The summed E-state index contributed by atoms with van der Waals surface area (Å²) in [6, 6.07) is 16.1. The number of sulfonamides is 1. The molecule has 0 spiro atoms. The van der Waals surface area contributed by atoms with Crippen LogP contribution in [0.4, 0.5) is 10.2 Å². The van der Waals surface area contributed by atoms with Crippen LogP contribution < -0.4 is 15.0 Å². The first-order valence-electron chi connectivity index (χ1n) is 12.4. The van der Waals surface area contributed by atoms with Gasteiger partial charge in [0.1, 0.15) is 17.3 Å². The third kappa shape index (κ3) is 5.62. The number of methoxy groups -OCH3 is 1. The molecule has 0 bridgehead atoms. The predicted molar refractivity (Wildman–Crippen MR) is 142 cm³/mol. The summed E-state index contributed by atoms with van der Waals surface area (Å²) in [5.74, 6) is 1.76. The molecule has 9 nitrogen and oxygen atoms in total. The predicted octanol–water partition coefficient (Wildman–Crippen LogP) is 2.89. The quantitative estimate of drug-likeness (QED) is 0.468. The second-order valence-corrected chi connectivity index (χ2v) is 11.5. The Bertz CT molecular complexity index is 1450. The van der Waals surface area contributed by atoms with Gasteiger partial charge in [-0.15, -0.1) is 0 Å². The lowest BCUT2D eigenvalue weighted by molar-refractivity contribution is 0.378. The van der Waals surface area contributed by atoms with Gasteiger partial charge in [-0.05, 0) is 36.2 Å². The zero-order valence-corrected chi connectivity index (χ0v) is 22.1. The van der Waals surface area contributed by atoms with Gasteiger partial charge in [-0.1, -0.05) is 24.3 Å². The van der Waals surface area contributed by atoms with E-state index in [2.05, 4.69) is 11.4 Å². The molecule has 5 rings (SSSR count). The van der Waals surface area contributed by atoms with Crippen molar-refractivity contribution in [3.8, 4) is 23.1 Å². The number of hydrogen-bond acceptors (Lipinski definition) is 8. The van der Waals surface area contributed by atoms with Gasteiger partial charge in [0.05, 0.1) is 31.5 Å². The van der Waals surface area contributed by atoms with E-state index in [9.17, 15) is 18.1 Å². The summed E-state index contributed by atoms with van der Waals surface area (Å²) in [7, 11) is -1.70. The zero-order valence-electron chi connectivity index (χ0n) is 21.3. The molecule has 2 heterocycles. The molecule has 1 aliphatic heterocycles. The summed E-state index contributed by atoms with van der Waals surface area (Å²) in [4.78, 5) is 11.7. The molecule has 0 amide bonds. The highest BCUT2D eigenvalue weighted by atomic mass is 32.2. The van der Waals surface area contributed by atoms with E-state index in [0.717, 1.165) is 17.5 Å². The Balaban J connectivity index is 1.42. The van der Waals surface area contributed by atoms with Crippen LogP contribution in [0.3, 0.4) is 0 Å². The Morgan fingerprint density at radius 3 is 2.37 bits per heavy atom. The molecule has 1 saturated heterocycles. The highest BCUT2D eigenvalue weighted by Gasteiger charge is 2.38. The number of nitrogens with zero attached hydrogens (tertiary/aromatic N) is 5. The average Bonchev–Trinajstić information content (AvgIpc) is 3.71. The van der Waals surface area contributed by atoms with Crippen LogP contribution in [-0.4, -0.2) is 68.3 Å². The van der Waals surface area contributed by atoms with Gasteiger partial charge in [0.15, 0.2) is 11.6 Å². The van der Waals surface area contributed by atoms with Crippen LogP contribution in [0.2, 0.25) is 0 Å². The lowest BCUT2D eigenvalue weighted by Crippen LogP contribution is -2.48. The van der Waals surface area contributed by atoms with Crippen molar-refractivity contribution >= 4 is 15.8 Å². The van der Waals surface area contributed by atoms with Gasteiger partial charge in [0, 0.05) is 43.7 Å². The molecule has 0 radical (unpaired) electrons. The Morgan fingerprint density at radius 1 is 1.08 bits per heavy atom. The van der Waals surface area contributed by atoms with Crippen LogP contribution in [0.25, 0.3) is 11.3 Å². The summed E-state index contributed by atoms with van der Waals surface area (Å²) in [5, 5.41) is 12.7. The number of benzene rings is 2. The smallest absolute Gasteiger partial charge is 0.211 e. The van der Waals surface area contributed by atoms with Gasteiger partial charge in [-0.2, -0.15) is 9.57 Å². The minimum Gasteiger partial charge on any atom is -0.491 e.